The molecule has 0 radical (unpaired) electrons. The number of carbonyl (C=O) groups is 2. The third-order valence-corrected chi connectivity index (χ3v) is 3.36. The molecule has 0 aliphatic rings. The summed E-state index contributed by atoms with van der Waals surface area (Å²) >= 11 is 0. The van der Waals surface area contributed by atoms with Gasteiger partial charge in [-0.1, -0.05) is 0 Å². The number of pyridine rings is 2. The fraction of sp³-hybridized carbons (Fsp3) is 0.364. The van der Waals surface area contributed by atoms with Crippen LogP contribution in [0.25, 0.3) is 0 Å². The van der Waals surface area contributed by atoms with Crippen LogP contribution in [-0.2, 0) is 9.47 Å². The molecule has 8 heteroatoms. The lowest BCUT2D eigenvalue weighted by Gasteiger charge is -2.19. The first-order chi connectivity index (χ1) is 14.2. The smallest absolute Gasteiger partial charge is 0.217 e. The predicted molar refractivity (Wildman–Crippen MR) is 117 cm³/mol. The second kappa shape index (κ2) is 15.9. The summed E-state index contributed by atoms with van der Waals surface area (Å²) in [4.78, 5) is 33.3. The largest absolute Gasteiger partial charge is 0.383 e. The van der Waals surface area contributed by atoms with Crippen molar-refractivity contribution in [3.05, 3.63) is 72.5 Å². The van der Waals surface area contributed by atoms with Crippen molar-refractivity contribution in [2.24, 2.45) is 0 Å². The quantitative estimate of drug-likeness (QED) is 0.387. The summed E-state index contributed by atoms with van der Waals surface area (Å²) in [6, 6.07) is 6.98. The number of aromatic nitrogens is 2. The van der Waals surface area contributed by atoms with Crippen molar-refractivity contribution in [1.29, 1.82) is 0 Å². The highest BCUT2D eigenvalue weighted by atomic mass is 16.7. The summed E-state index contributed by atoms with van der Waals surface area (Å²) in [6.45, 7) is 1.52. The molecule has 2 aromatic heterocycles. The van der Waals surface area contributed by atoms with Gasteiger partial charge in [0.25, 0.3) is 0 Å². The second-order valence-corrected chi connectivity index (χ2v) is 6.43. The molecule has 0 unspecified atom stereocenters. The maximum atomic E-state index is 11.4. The minimum Gasteiger partial charge on any atom is -0.383 e. The van der Waals surface area contributed by atoms with E-state index in [0.717, 1.165) is 0 Å². The van der Waals surface area contributed by atoms with E-state index in [1.165, 1.54) is 13.0 Å². The normalized spacial score (nSPS) is 10.2. The van der Waals surface area contributed by atoms with Crippen molar-refractivity contribution in [3.63, 3.8) is 0 Å². The average molecular weight is 417 g/mol. The molecular formula is C22H32N4O4. The van der Waals surface area contributed by atoms with Crippen LogP contribution >= 0.6 is 0 Å². The van der Waals surface area contributed by atoms with Crippen LogP contribution in [0.5, 0.6) is 0 Å². The lowest BCUT2D eigenvalue weighted by molar-refractivity contribution is -0.179. The van der Waals surface area contributed by atoms with E-state index in [4.69, 9.17) is 9.47 Å². The van der Waals surface area contributed by atoms with Gasteiger partial charge in [0.05, 0.1) is 0 Å². The predicted octanol–water partition coefficient (Wildman–Crippen LogP) is 2.75. The number of Topliss-reactive ketones (excluding diaryl/α,β-unsaturated/α-hetero) is 1. The molecular weight excluding hydrogens is 384 g/mol. The van der Waals surface area contributed by atoms with Crippen LogP contribution < -0.4 is 0 Å². The fourth-order valence-corrected chi connectivity index (χ4v) is 1.91. The molecule has 8 nitrogen and oxygen atoms in total. The maximum Gasteiger partial charge on any atom is 0.217 e. The lowest BCUT2D eigenvalue weighted by atomic mass is 10.2. The fourth-order valence-electron chi connectivity index (χ4n) is 1.91. The molecule has 0 atom stereocenters. The summed E-state index contributed by atoms with van der Waals surface area (Å²) in [7, 11) is 10.7. The Morgan fingerprint density at radius 1 is 0.933 bits per heavy atom. The summed E-state index contributed by atoms with van der Waals surface area (Å²) in [5.74, 6) is 0.0323. The lowest BCUT2D eigenvalue weighted by Crippen LogP contribution is -2.30. The molecule has 0 aliphatic carbocycles. The van der Waals surface area contributed by atoms with Crippen molar-refractivity contribution in [3.8, 4) is 0 Å². The third kappa shape index (κ3) is 12.5. The number of nitrogens with zero attached hydrogens (tertiary/aromatic N) is 4. The molecule has 0 saturated carbocycles. The number of hydrogen-bond donors (Lipinski definition) is 0. The highest BCUT2D eigenvalue weighted by Gasteiger charge is 2.04. The zero-order valence-corrected chi connectivity index (χ0v) is 18.8. The Labute approximate surface area is 179 Å². The molecule has 0 aromatic carbocycles. The summed E-state index contributed by atoms with van der Waals surface area (Å²) in [5, 5.41) is 0. The Morgan fingerprint density at radius 3 is 1.70 bits per heavy atom. The number of hydrogen-bond acceptors (Lipinski definition) is 8. The highest BCUT2D eigenvalue weighted by Crippen LogP contribution is 1.98. The molecule has 0 fully saturated rings. The Bertz CT molecular complexity index is 746. The van der Waals surface area contributed by atoms with Crippen molar-refractivity contribution in [2.75, 3.05) is 42.4 Å². The van der Waals surface area contributed by atoms with E-state index in [1.54, 1.807) is 69.5 Å². The third-order valence-electron chi connectivity index (χ3n) is 3.36. The van der Waals surface area contributed by atoms with E-state index in [9.17, 15) is 9.59 Å². The second-order valence-electron chi connectivity index (χ2n) is 6.43. The molecule has 0 N–H and O–H groups in total. The molecule has 0 amide bonds. The van der Waals surface area contributed by atoms with Gasteiger partial charge in [0.2, 0.25) is 6.41 Å². The Kier molecular flexibility index (Phi) is 14.4. The van der Waals surface area contributed by atoms with E-state index in [0.29, 0.717) is 11.1 Å². The molecule has 164 valence electrons. The van der Waals surface area contributed by atoms with Crippen LogP contribution in [0.15, 0.2) is 61.3 Å². The monoisotopic (exact) mass is 416 g/mol. The first-order valence-corrected chi connectivity index (χ1v) is 9.14. The van der Waals surface area contributed by atoms with Gasteiger partial charge in [-0.05, 0) is 45.3 Å². The Hall–Kier alpha value is -2.94. The summed E-state index contributed by atoms with van der Waals surface area (Å²) < 4.78 is 9.73. The highest BCUT2D eigenvalue weighted by molar-refractivity contribution is 6.04. The first-order valence-electron chi connectivity index (χ1n) is 9.14. The Morgan fingerprint density at radius 2 is 1.43 bits per heavy atom. The molecule has 2 aromatic rings. The van der Waals surface area contributed by atoms with Crippen LogP contribution in [0.3, 0.4) is 0 Å². The van der Waals surface area contributed by atoms with Gasteiger partial charge < -0.3 is 14.4 Å². The van der Waals surface area contributed by atoms with E-state index in [1.807, 2.05) is 38.0 Å². The van der Waals surface area contributed by atoms with E-state index < -0.39 is 0 Å². The van der Waals surface area contributed by atoms with Gasteiger partial charge in [0.1, 0.15) is 0 Å². The van der Waals surface area contributed by atoms with Crippen LogP contribution in [0, 0.1) is 0 Å². The molecule has 30 heavy (non-hydrogen) atoms. The van der Waals surface area contributed by atoms with Gasteiger partial charge in [-0.25, -0.2) is 0 Å². The molecule has 0 bridgehead atoms. The van der Waals surface area contributed by atoms with Crippen LogP contribution in [0.2, 0.25) is 0 Å². The van der Waals surface area contributed by atoms with Gasteiger partial charge in [-0.15, -0.1) is 0 Å². The standard InChI is InChI=1S/C10H12N2O.C7H7NO.C5H13NO2/c1-12(2)7-5-10(13)9-4-3-6-11-8-9;1-6(9)7-3-2-4-8-5-7;1-6(2)5(7-3)8-4/h3-8H,1-2H3;2-5H,1H3;5H,1-4H3/b7-5+;;. The number of methoxy groups -OCH3 is 2. The van der Waals surface area contributed by atoms with E-state index in [-0.39, 0.29) is 18.0 Å². The van der Waals surface area contributed by atoms with Crippen LogP contribution in [-0.4, -0.2) is 80.2 Å². The van der Waals surface area contributed by atoms with Crippen molar-refractivity contribution < 1.29 is 19.1 Å². The first kappa shape index (κ1) is 27.1. The molecule has 2 heterocycles. The summed E-state index contributed by atoms with van der Waals surface area (Å²) in [5.41, 5.74) is 1.28. The van der Waals surface area contributed by atoms with Gasteiger partial charge in [0, 0.05) is 76.5 Å². The number of ketones is 2. The molecule has 0 saturated heterocycles. The van der Waals surface area contributed by atoms with E-state index in [2.05, 4.69) is 9.97 Å². The number of rotatable bonds is 7. The number of ether oxygens (including phenoxy) is 2. The van der Waals surface area contributed by atoms with Gasteiger partial charge >= 0.3 is 0 Å². The zero-order valence-electron chi connectivity index (χ0n) is 18.8. The topological polar surface area (TPSA) is 84.9 Å². The van der Waals surface area contributed by atoms with Crippen molar-refractivity contribution in [1.82, 2.24) is 19.8 Å². The average Bonchev–Trinajstić information content (AvgIpc) is 2.75. The SMILES string of the molecule is CC(=O)c1cccnc1.CN(C)/C=C/C(=O)c1cccnc1.COC(OC)N(C)C. The van der Waals surface area contributed by atoms with Crippen LogP contribution in [0.4, 0.5) is 0 Å². The molecule has 0 aliphatic heterocycles. The van der Waals surface area contributed by atoms with E-state index >= 15 is 0 Å². The number of carbonyl (C=O) groups excluding carboxylic acids is 2. The van der Waals surface area contributed by atoms with Gasteiger partial charge in [-0.3, -0.25) is 24.5 Å². The van der Waals surface area contributed by atoms with Gasteiger partial charge in [-0.2, -0.15) is 0 Å². The molecule has 2 rings (SSSR count). The minimum atomic E-state index is -0.213. The van der Waals surface area contributed by atoms with Crippen molar-refractivity contribution in [2.45, 2.75) is 13.3 Å². The summed E-state index contributed by atoms with van der Waals surface area (Å²) in [6.07, 6.45) is 9.44. The number of allylic oxidation sites excluding steroid dienone is 1. The maximum absolute atomic E-state index is 11.4. The van der Waals surface area contributed by atoms with Gasteiger partial charge in [0.15, 0.2) is 11.6 Å². The molecule has 0 spiro atoms. The van der Waals surface area contributed by atoms with Crippen LogP contribution in [0.1, 0.15) is 27.6 Å². The Balaban J connectivity index is 0.000000438. The zero-order chi connectivity index (χ0) is 22.9. The van der Waals surface area contributed by atoms with Crippen molar-refractivity contribution >= 4 is 11.6 Å². The minimum absolute atomic E-state index is 0.0261.